The molecule has 0 radical (unpaired) electrons. The number of aliphatic hydroxyl groups is 1. The van der Waals surface area contributed by atoms with Crippen molar-refractivity contribution in [2.24, 2.45) is 0 Å². The van der Waals surface area contributed by atoms with Gasteiger partial charge in [0.1, 0.15) is 0 Å². The average molecular weight is 168 g/mol. The highest BCUT2D eigenvalue weighted by Gasteiger charge is 2.23. The van der Waals surface area contributed by atoms with Gasteiger partial charge in [-0.2, -0.15) is 5.26 Å². The standard InChI is InChI=1S/C9H16N2O/c1-9(12,7-10)8-11-5-3-2-4-6-11/h12H,2-6,8H2,1H3/t9-/m0/s1. The highest BCUT2D eigenvalue weighted by Crippen LogP contribution is 2.12. The van der Waals surface area contributed by atoms with Crippen molar-refractivity contribution in [2.75, 3.05) is 19.6 Å². The van der Waals surface area contributed by atoms with Crippen LogP contribution in [0.5, 0.6) is 0 Å². The number of piperidine rings is 1. The zero-order valence-corrected chi connectivity index (χ0v) is 7.58. The molecule has 1 rings (SSSR count). The van der Waals surface area contributed by atoms with Crippen molar-refractivity contribution in [3.8, 4) is 6.07 Å². The molecule has 0 unspecified atom stereocenters. The van der Waals surface area contributed by atoms with Gasteiger partial charge in [-0.05, 0) is 32.9 Å². The van der Waals surface area contributed by atoms with E-state index in [4.69, 9.17) is 5.26 Å². The third-order valence-corrected chi connectivity index (χ3v) is 2.22. The predicted molar refractivity (Wildman–Crippen MR) is 46.5 cm³/mol. The minimum Gasteiger partial charge on any atom is -0.374 e. The quantitative estimate of drug-likeness (QED) is 0.619. The van der Waals surface area contributed by atoms with Crippen LogP contribution in [0.25, 0.3) is 0 Å². The molecular weight excluding hydrogens is 152 g/mol. The summed E-state index contributed by atoms with van der Waals surface area (Å²) >= 11 is 0. The third-order valence-electron chi connectivity index (χ3n) is 2.22. The van der Waals surface area contributed by atoms with E-state index in [0.717, 1.165) is 13.1 Å². The van der Waals surface area contributed by atoms with Gasteiger partial charge in [0.15, 0.2) is 5.60 Å². The van der Waals surface area contributed by atoms with E-state index in [2.05, 4.69) is 4.90 Å². The van der Waals surface area contributed by atoms with Gasteiger partial charge in [0.25, 0.3) is 0 Å². The first kappa shape index (κ1) is 9.50. The fraction of sp³-hybridized carbons (Fsp3) is 0.889. The molecule has 0 spiro atoms. The number of rotatable bonds is 2. The van der Waals surface area contributed by atoms with Crippen LogP contribution in [0.2, 0.25) is 0 Å². The van der Waals surface area contributed by atoms with Crippen LogP contribution in [-0.4, -0.2) is 35.2 Å². The average Bonchev–Trinajstić information content (AvgIpc) is 2.06. The molecule has 3 nitrogen and oxygen atoms in total. The first-order chi connectivity index (χ1) is 5.64. The molecule has 0 aromatic carbocycles. The van der Waals surface area contributed by atoms with E-state index in [1.165, 1.54) is 19.3 Å². The fourth-order valence-electron chi connectivity index (χ4n) is 1.59. The molecule has 1 atom stereocenters. The molecular formula is C9H16N2O. The Labute approximate surface area is 73.6 Å². The summed E-state index contributed by atoms with van der Waals surface area (Å²) in [6.07, 6.45) is 3.67. The van der Waals surface area contributed by atoms with E-state index < -0.39 is 5.60 Å². The summed E-state index contributed by atoms with van der Waals surface area (Å²) in [5.41, 5.74) is -1.17. The molecule has 0 aliphatic carbocycles. The highest BCUT2D eigenvalue weighted by atomic mass is 16.3. The number of nitrogens with zero attached hydrogens (tertiary/aromatic N) is 2. The Morgan fingerprint density at radius 3 is 2.50 bits per heavy atom. The number of likely N-dealkylation sites (tertiary alicyclic amines) is 1. The van der Waals surface area contributed by atoms with Crippen LogP contribution < -0.4 is 0 Å². The minimum absolute atomic E-state index is 0.490. The molecule has 1 aliphatic heterocycles. The number of nitriles is 1. The lowest BCUT2D eigenvalue weighted by Gasteiger charge is -2.30. The Morgan fingerprint density at radius 1 is 1.42 bits per heavy atom. The summed E-state index contributed by atoms with van der Waals surface area (Å²) in [5, 5.41) is 18.1. The Hall–Kier alpha value is -0.590. The predicted octanol–water partition coefficient (Wildman–Crippen LogP) is 0.747. The van der Waals surface area contributed by atoms with Crippen molar-refractivity contribution in [3.63, 3.8) is 0 Å². The molecule has 0 aromatic rings. The van der Waals surface area contributed by atoms with Gasteiger partial charge in [-0.25, -0.2) is 0 Å². The van der Waals surface area contributed by atoms with Crippen LogP contribution in [0.3, 0.4) is 0 Å². The van der Waals surface area contributed by atoms with E-state index in [9.17, 15) is 5.11 Å². The van der Waals surface area contributed by atoms with Crippen LogP contribution in [0.4, 0.5) is 0 Å². The second-order valence-corrected chi connectivity index (χ2v) is 3.72. The summed E-state index contributed by atoms with van der Waals surface area (Å²) in [7, 11) is 0. The van der Waals surface area contributed by atoms with Crippen LogP contribution in [0, 0.1) is 11.3 Å². The number of hydrogen-bond acceptors (Lipinski definition) is 3. The number of hydrogen-bond donors (Lipinski definition) is 1. The fourth-order valence-corrected chi connectivity index (χ4v) is 1.59. The lowest BCUT2D eigenvalue weighted by atomic mass is 10.1. The van der Waals surface area contributed by atoms with Gasteiger partial charge in [-0.15, -0.1) is 0 Å². The summed E-state index contributed by atoms with van der Waals surface area (Å²) in [6, 6.07) is 1.90. The van der Waals surface area contributed by atoms with Gasteiger partial charge in [0.05, 0.1) is 6.07 Å². The summed E-state index contributed by atoms with van der Waals surface area (Å²) in [4.78, 5) is 2.16. The summed E-state index contributed by atoms with van der Waals surface area (Å²) in [6.45, 7) is 4.11. The summed E-state index contributed by atoms with van der Waals surface area (Å²) in [5.74, 6) is 0. The first-order valence-electron chi connectivity index (χ1n) is 4.50. The van der Waals surface area contributed by atoms with E-state index in [0.29, 0.717) is 6.54 Å². The molecule has 1 heterocycles. The van der Waals surface area contributed by atoms with E-state index in [-0.39, 0.29) is 0 Å². The molecule has 1 fully saturated rings. The topological polar surface area (TPSA) is 47.3 Å². The largest absolute Gasteiger partial charge is 0.374 e. The smallest absolute Gasteiger partial charge is 0.160 e. The molecule has 12 heavy (non-hydrogen) atoms. The van der Waals surface area contributed by atoms with Crippen LogP contribution >= 0.6 is 0 Å². The van der Waals surface area contributed by atoms with E-state index in [1.807, 2.05) is 6.07 Å². The lowest BCUT2D eigenvalue weighted by molar-refractivity contribution is 0.0602. The second-order valence-electron chi connectivity index (χ2n) is 3.72. The maximum absolute atomic E-state index is 9.47. The number of β-amino-alcohol motifs (C(OH)–C–C–N with tert-alkyl or cyclic N) is 1. The molecule has 0 aromatic heterocycles. The Balaban J connectivity index is 2.35. The van der Waals surface area contributed by atoms with Crippen molar-refractivity contribution >= 4 is 0 Å². The van der Waals surface area contributed by atoms with Gasteiger partial charge in [-0.1, -0.05) is 6.42 Å². The van der Waals surface area contributed by atoms with Crippen molar-refractivity contribution in [1.29, 1.82) is 5.26 Å². The Kier molecular flexibility index (Phi) is 3.07. The van der Waals surface area contributed by atoms with Crippen molar-refractivity contribution < 1.29 is 5.11 Å². The lowest BCUT2D eigenvalue weighted by Crippen LogP contribution is -2.42. The molecule has 0 saturated carbocycles. The molecule has 1 aliphatic rings. The monoisotopic (exact) mass is 168 g/mol. The molecule has 68 valence electrons. The SMILES string of the molecule is C[C@](O)(C#N)CN1CCCCC1. The highest BCUT2D eigenvalue weighted by molar-refractivity contribution is 4.98. The van der Waals surface area contributed by atoms with Gasteiger partial charge >= 0.3 is 0 Å². The van der Waals surface area contributed by atoms with Crippen molar-refractivity contribution in [1.82, 2.24) is 4.90 Å². The van der Waals surface area contributed by atoms with E-state index in [1.54, 1.807) is 6.92 Å². The Bertz CT molecular complexity index is 177. The normalized spacial score (nSPS) is 24.4. The minimum atomic E-state index is -1.17. The van der Waals surface area contributed by atoms with Crippen LogP contribution in [-0.2, 0) is 0 Å². The van der Waals surface area contributed by atoms with Gasteiger partial charge in [0.2, 0.25) is 0 Å². The third kappa shape index (κ3) is 2.80. The molecule has 1 saturated heterocycles. The maximum atomic E-state index is 9.47. The summed E-state index contributed by atoms with van der Waals surface area (Å²) < 4.78 is 0. The second kappa shape index (κ2) is 3.88. The molecule has 1 N–H and O–H groups in total. The first-order valence-corrected chi connectivity index (χ1v) is 4.50. The maximum Gasteiger partial charge on any atom is 0.160 e. The van der Waals surface area contributed by atoms with Crippen LogP contribution in [0.1, 0.15) is 26.2 Å². The van der Waals surface area contributed by atoms with E-state index >= 15 is 0 Å². The Morgan fingerprint density at radius 2 is 2.00 bits per heavy atom. The van der Waals surface area contributed by atoms with Crippen molar-refractivity contribution in [2.45, 2.75) is 31.8 Å². The van der Waals surface area contributed by atoms with Crippen LogP contribution in [0.15, 0.2) is 0 Å². The van der Waals surface area contributed by atoms with Gasteiger partial charge < -0.3 is 5.11 Å². The zero-order valence-electron chi connectivity index (χ0n) is 7.58. The van der Waals surface area contributed by atoms with Gasteiger partial charge in [-0.3, -0.25) is 4.90 Å². The van der Waals surface area contributed by atoms with Gasteiger partial charge in [0, 0.05) is 6.54 Å². The molecule has 3 heteroatoms. The molecule has 0 bridgehead atoms. The zero-order chi connectivity index (χ0) is 9.03. The molecule has 0 amide bonds. The van der Waals surface area contributed by atoms with Crippen molar-refractivity contribution in [3.05, 3.63) is 0 Å².